The molecule has 0 unspecified atom stereocenters. The highest BCUT2D eigenvalue weighted by Gasteiger charge is 2.64. The predicted octanol–water partition coefficient (Wildman–Crippen LogP) is 6.50. The summed E-state index contributed by atoms with van der Waals surface area (Å²) < 4.78 is 33.2. The zero-order valence-corrected chi connectivity index (χ0v) is 26.7. The molecule has 250 valence electrons. The van der Waals surface area contributed by atoms with E-state index in [0.717, 1.165) is 11.1 Å². The van der Waals surface area contributed by atoms with Crippen LogP contribution in [0.15, 0.2) is 114 Å². The van der Waals surface area contributed by atoms with Gasteiger partial charge in [-0.2, -0.15) is 0 Å². The van der Waals surface area contributed by atoms with Gasteiger partial charge in [-0.1, -0.05) is 72.8 Å². The Kier molecular flexibility index (Phi) is 8.52. The Hall–Kier alpha value is -5.32. The van der Waals surface area contributed by atoms with E-state index in [4.69, 9.17) is 14.0 Å². The monoisotopic (exact) mass is 662 g/mol. The molecule has 10 heteroatoms. The molecule has 0 bridgehead atoms. The Morgan fingerprint density at radius 3 is 2.20 bits per heavy atom. The van der Waals surface area contributed by atoms with Crippen LogP contribution < -0.4 is 9.47 Å². The van der Waals surface area contributed by atoms with E-state index in [0.29, 0.717) is 13.1 Å². The highest BCUT2D eigenvalue weighted by atomic mass is 19.1. The SMILES string of the molecule is C=CCN(CC=C)[C@@H]1c2onc(OCc3ccccc3)c2C(=O)[C@@]2(O)C(O)=C3C(=O)c4c(OCc5ccccc5)ccc(F)c4C[C@H]3C[C@@H]12. The molecule has 7 rings (SSSR count). The summed E-state index contributed by atoms with van der Waals surface area (Å²) in [5.41, 5.74) is -1.03. The third-order valence-corrected chi connectivity index (χ3v) is 9.73. The molecule has 9 nitrogen and oxygen atoms in total. The Morgan fingerprint density at radius 1 is 0.939 bits per heavy atom. The summed E-state index contributed by atoms with van der Waals surface area (Å²) in [5.74, 6) is -4.51. The molecule has 0 amide bonds. The van der Waals surface area contributed by atoms with Crippen molar-refractivity contribution in [2.45, 2.75) is 37.7 Å². The number of carbonyl (C=O) groups is 2. The number of benzene rings is 3. The lowest BCUT2D eigenvalue weighted by Gasteiger charge is -2.50. The second kappa shape index (κ2) is 12.9. The number of ether oxygens (including phenoxy) is 2. The van der Waals surface area contributed by atoms with Gasteiger partial charge in [-0.15, -0.1) is 13.2 Å². The van der Waals surface area contributed by atoms with E-state index >= 15 is 4.39 Å². The fourth-order valence-electron chi connectivity index (χ4n) is 7.52. The molecule has 0 fully saturated rings. The molecule has 0 saturated carbocycles. The van der Waals surface area contributed by atoms with Crippen molar-refractivity contribution in [3.8, 4) is 11.6 Å². The van der Waals surface area contributed by atoms with Crippen LogP contribution in [-0.2, 0) is 19.6 Å². The number of halogens is 1. The van der Waals surface area contributed by atoms with Crippen molar-refractivity contribution in [3.63, 3.8) is 0 Å². The maximum absolute atomic E-state index is 15.5. The minimum Gasteiger partial charge on any atom is -0.508 e. The molecule has 0 aliphatic heterocycles. The third kappa shape index (κ3) is 5.37. The number of hydrogen-bond donors (Lipinski definition) is 2. The highest BCUT2D eigenvalue weighted by molar-refractivity contribution is 6.16. The van der Waals surface area contributed by atoms with Crippen molar-refractivity contribution in [2.24, 2.45) is 11.8 Å². The number of carbonyl (C=O) groups excluding carboxylic acids is 2. The van der Waals surface area contributed by atoms with Gasteiger partial charge < -0.3 is 24.2 Å². The number of rotatable bonds is 11. The summed E-state index contributed by atoms with van der Waals surface area (Å²) in [4.78, 5) is 30.7. The summed E-state index contributed by atoms with van der Waals surface area (Å²) in [7, 11) is 0. The van der Waals surface area contributed by atoms with Crippen LogP contribution in [0.2, 0.25) is 0 Å². The second-order valence-electron chi connectivity index (χ2n) is 12.6. The molecule has 3 aromatic carbocycles. The van der Waals surface area contributed by atoms with E-state index in [1.54, 1.807) is 12.2 Å². The van der Waals surface area contributed by atoms with Crippen molar-refractivity contribution in [1.82, 2.24) is 10.1 Å². The molecule has 49 heavy (non-hydrogen) atoms. The van der Waals surface area contributed by atoms with E-state index in [2.05, 4.69) is 18.3 Å². The van der Waals surface area contributed by atoms with Crippen molar-refractivity contribution < 1.29 is 38.2 Å². The van der Waals surface area contributed by atoms with Crippen LogP contribution in [0.25, 0.3) is 0 Å². The first-order valence-electron chi connectivity index (χ1n) is 16.1. The van der Waals surface area contributed by atoms with Gasteiger partial charge in [0.2, 0.25) is 5.78 Å². The molecule has 1 heterocycles. The topological polar surface area (TPSA) is 122 Å². The van der Waals surface area contributed by atoms with Crippen LogP contribution in [-0.4, -0.2) is 50.5 Å². The van der Waals surface area contributed by atoms with Gasteiger partial charge in [-0.05, 0) is 47.2 Å². The average Bonchev–Trinajstić information content (AvgIpc) is 3.53. The molecule has 4 aromatic rings. The molecule has 0 saturated heterocycles. The standard InChI is InChI=1S/C39H35FN2O7/c1-3-17-42(18-4-2)33-27-20-25-19-26-28(40)15-16-29(47-21-23-11-7-5-8-12-23)31(26)34(43)30(25)36(44)39(27,46)37(45)32-35(33)49-41-38(32)48-22-24-13-9-6-10-14-24/h3-16,25,27,33,44,46H,1-2,17-22H2/t25-,27-,33-,39-/m0/s1. The minimum absolute atomic E-state index is 0.0342. The largest absolute Gasteiger partial charge is 0.508 e. The molecular formula is C39H35FN2O7. The van der Waals surface area contributed by atoms with E-state index in [-0.39, 0.29) is 65.7 Å². The summed E-state index contributed by atoms with van der Waals surface area (Å²) in [6.07, 6.45) is 3.42. The van der Waals surface area contributed by atoms with Crippen LogP contribution in [0, 0.1) is 17.7 Å². The quantitative estimate of drug-likeness (QED) is 0.173. The van der Waals surface area contributed by atoms with Gasteiger partial charge in [0.05, 0.1) is 11.6 Å². The molecular weight excluding hydrogens is 627 g/mol. The fraction of sp³-hybridized carbons (Fsp3) is 0.256. The van der Waals surface area contributed by atoms with Gasteiger partial charge in [0.15, 0.2) is 17.1 Å². The molecule has 2 N–H and O–H groups in total. The average molecular weight is 663 g/mol. The maximum Gasteiger partial charge on any atom is 0.265 e. The summed E-state index contributed by atoms with van der Waals surface area (Å²) >= 11 is 0. The highest BCUT2D eigenvalue weighted by Crippen LogP contribution is 2.57. The summed E-state index contributed by atoms with van der Waals surface area (Å²) in [6, 6.07) is 20.4. The zero-order valence-electron chi connectivity index (χ0n) is 26.7. The van der Waals surface area contributed by atoms with Crippen molar-refractivity contribution in [3.05, 3.63) is 149 Å². The van der Waals surface area contributed by atoms with Gasteiger partial charge in [0, 0.05) is 30.1 Å². The van der Waals surface area contributed by atoms with Crippen LogP contribution in [0.5, 0.6) is 11.6 Å². The first-order chi connectivity index (χ1) is 23.8. The van der Waals surface area contributed by atoms with Crippen molar-refractivity contribution in [2.75, 3.05) is 13.1 Å². The number of allylic oxidation sites excluding steroid dienone is 1. The van der Waals surface area contributed by atoms with E-state index in [9.17, 15) is 19.8 Å². The molecule has 3 aliphatic carbocycles. The van der Waals surface area contributed by atoms with E-state index < -0.39 is 46.6 Å². The fourth-order valence-corrected chi connectivity index (χ4v) is 7.52. The number of aliphatic hydroxyl groups is 2. The number of ketones is 2. The second-order valence-corrected chi connectivity index (χ2v) is 12.6. The van der Waals surface area contributed by atoms with E-state index in [1.807, 2.05) is 65.6 Å². The minimum atomic E-state index is -2.55. The number of hydrogen-bond acceptors (Lipinski definition) is 9. The third-order valence-electron chi connectivity index (χ3n) is 9.73. The molecule has 0 spiro atoms. The smallest absolute Gasteiger partial charge is 0.265 e. The number of aromatic nitrogens is 1. The molecule has 4 atom stereocenters. The van der Waals surface area contributed by atoms with Crippen LogP contribution >= 0.6 is 0 Å². The molecule has 3 aliphatic rings. The number of aliphatic hydroxyl groups excluding tert-OH is 1. The molecule has 0 radical (unpaired) electrons. The Bertz CT molecular complexity index is 1960. The van der Waals surface area contributed by atoms with Gasteiger partial charge in [-0.3, -0.25) is 14.5 Å². The van der Waals surface area contributed by atoms with Crippen molar-refractivity contribution >= 4 is 11.6 Å². The lowest BCUT2D eigenvalue weighted by atomic mass is 9.58. The Balaban J connectivity index is 1.33. The van der Waals surface area contributed by atoms with Gasteiger partial charge in [-0.25, -0.2) is 4.39 Å². The van der Waals surface area contributed by atoms with Crippen molar-refractivity contribution in [1.29, 1.82) is 0 Å². The zero-order chi connectivity index (χ0) is 34.3. The Morgan fingerprint density at radius 2 is 1.57 bits per heavy atom. The van der Waals surface area contributed by atoms with E-state index in [1.165, 1.54) is 12.1 Å². The first-order valence-corrected chi connectivity index (χ1v) is 16.1. The van der Waals surface area contributed by atoms with Crippen LogP contribution in [0.4, 0.5) is 4.39 Å². The number of Topliss-reactive ketones (excluding diaryl/α,β-unsaturated/α-hetero) is 2. The van der Waals surface area contributed by atoms with Gasteiger partial charge in [0.1, 0.15) is 36.1 Å². The predicted molar refractivity (Wildman–Crippen MR) is 178 cm³/mol. The van der Waals surface area contributed by atoms with Gasteiger partial charge in [0.25, 0.3) is 5.88 Å². The lowest BCUT2D eigenvalue weighted by Crippen LogP contribution is -2.60. The number of nitrogens with zero attached hydrogens (tertiary/aromatic N) is 2. The normalized spacial score (nSPS) is 22.6. The van der Waals surface area contributed by atoms with Crippen LogP contribution in [0.1, 0.15) is 55.6 Å². The number of fused-ring (bicyclic) bond motifs is 4. The van der Waals surface area contributed by atoms with Gasteiger partial charge >= 0.3 is 0 Å². The van der Waals surface area contributed by atoms with Crippen LogP contribution in [0.3, 0.4) is 0 Å². The summed E-state index contributed by atoms with van der Waals surface area (Å²) in [5, 5.41) is 28.6. The maximum atomic E-state index is 15.5. The summed E-state index contributed by atoms with van der Waals surface area (Å²) in [6.45, 7) is 8.54. The molecule has 1 aromatic heterocycles. The first kappa shape index (κ1) is 32.2. The Labute approximate surface area is 282 Å². The lowest BCUT2D eigenvalue weighted by molar-refractivity contribution is -0.0602.